The number of Topliss-reactive ketones (excluding diaryl/α,β-unsaturated/α-hetero) is 1. The van der Waals surface area contributed by atoms with Gasteiger partial charge in [-0.15, -0.1) is 0 Å². The molecule has 5 rings (SSSR count). The van der Waals surface area contributed by atoms with Crippen LogP contribution in [0, 0.1) is 5.92 Å². The van der Waals surface area contributed by atoms with Gasteiger partial charge in [0.25, 0.3) is 5.91 Å². The Morgan fingerprint density at radius 3 is 2.72 bits per heavy atom. The van der Waals surface area contributed by atoms with Crippen LogP contribution in [0.5, 0.6) is 5.75 Å². The maximum atomic E-state index is 12.6. The fraction of sp³-hybridized carbons (Fsp3) is 0.652. The highest BCUT2D eigenvalue weighted by Gasteiger charge is 2.66. The van der Waals surface area contributed by atoms with E-state index in [0.717, 1.165) is 12.1 Å². The third-order valence-electron chi connectivity index (χ3n) is 8.64. The van der Waals surface area contributed by atoms with Gasteiger partial charge in [0.1, 0.15) is 11.5 Å². The molecule has 0 unspecified atom stereocenters. The minimum absolute atomic E-state index is 0.0715. The standard InChI is InChI=1S/C23H30N2O4/c1-13(14-3-2-4-14)25-10-9-22-12-16(26)7-8-23(22,29)18(25)11-15-5-6-17(21(24)28)20(27)19(15)22/h5-6,13-14,18,27,29H,2-4,7-12H2,1H3,(H2,24,28)/t13-,18+,22+,23+/m0/s1. The van der Waals surface area contributed by atoms with Crippen molar-refractivity contribution < 1.29 is 19.8 Å². The number of carbonyl (C=O) groups is 2. The number of nitrogens with zero attached hydrogens (tertiary/aromatic N) is 1. The van der Waals surface area contributed by atoms with Gasteiger partial charge >= 0.3 is 0 Å². The van der Waals surface area contributed by atoms with Crippen LogP contribution in [-0.4, -0.2) is 51.0 Å². The second kappa shape index (κ2) is 6.29. The zero-order valence-electron chi connectivity index (χ0n) is 17.0. The van der Waals surface area contributed by atoms with E-state index in [4.69, 9.17) is 5.73 Å². The van der Waals surface area contributed by atoms with Gasteiger partial charge in [-0.25, -0.2) is 0 Å². The number of benzene rings is 1. The number of piperidine rings is 1. The molecular formula is C23H30N2O4. The van der Waals surface area contributed by atoms with E-state index in [0.29, 0.717) is 43.2 Å². The van der Waals surface area contributed by atoms with Gasteiger partial charge in [-0.05, 0) is 63.1 Å². The van der Waals surface area contributed by atoms with Crippen molar-refractivity contribution in [3.05, 3.63) is 28.8 Å². The van der Waals surface area contributed by atoms with Gasteiger partial charge in [0.15, 0.2) is 0 Å². The van der Waals surface area contributed by atoms with Gasteiger partial charge < -0.3 is 15.9 Å². The number of phenols is 1. The first-order chi connectivity index (χ1) is 13.8. The molecule has 0 radical (unpaired) electrons. The lowest BCUT2D eigenvalue weighted by atomic mass is 9.49. The molecule has 6 nitrogen and oxygen atoms in total. The molecule has 1 aliphatic heterocycles. The lowest BCUT2D eigenvalue weighted by Crippen LogP contribution is -2.74. The van der Waals surface area contributed by atoms with Crippen LogP contribution in [0.1, 0.15) is 73.4 Å². The Morgan fingerprint density at radius 1 is 1.31 bits per heavy atom. The number of primary amides is 1. The highest BCUT2D eigenvalue weighted by atomic mass is 16.3. The number of hydrogen-bond acceptors (Lipinski definition) is 5. The maximum absolute atomic E-state index is 12.6. The Labute approximate surface area is 171 Å². The fourth-order valence-electron chi connectivity index (χ4n) is 6.83. The molecule has 0 spiro atoms. The van der Waals surface area contributed by atoms with Crippen LogP contribution in [0.3, 0.4) is 0 Å². The monoisotopic (exact) mass is 398 g/mol. The second-order valence-corrected chi connectivity index (χ2v) is 9.72. The normalized spacial score (nSPS) is 35.4. The van der Waals surface area contributed by atoms with Crippen LogP contribution in [0.25, 0.3) is 0 Å². The number of ketones is 1. The summed E-state index contributed by atoms with van der Waals surface area (Å²) in [5.74, 6) is -0.0402. The van der Waals surface area contributed by atoms with Crippen LogP contribution in [0.4, 0.5) is 0 Å². The number of likely N-dealkylation sites (tertiary alicyclic amines) is 1. The van der Waals surface area contributed by atoms with Crippen molar-refractivity contribution >= 4 is 11.7 Å². The number of rotatable bonds is 3. The molecule has 29 heavy (non-hydrogen) atoms. The maximum Gasteiger partial charge on any atom is 0.252 e. The van der Waals surface area contributed by atoms with Gasteiger partial charge in [0.05, 0.1) is 11.2 Å². The SMILES string of the molecule is C[C@@H](C1CCC1)N1CC[C@]23CC(=O)CC[C@@]2(O)[C@H]1Cc1ccc(C(N)=O)c(O)c13. The van der Waals surface area contributed by atoms with Gasteiger partial charge in [0, 0.05) is 35.9 Å². The first-order valence-electron chi connectivity index (χ1n) is 10.9. The van der Waals surface area contributed by atoms with Crippen LogP contribution in [0.15, 0.2) is 12.1 Å². The number of aromatic hydroxyl groups is 1. The van der Waals surface area contributed by atoms with E-state index in [1.165, 1.54) is 19.3 Å². The number of carbonyl (C=O) groups excluding carboxylic acids is 2. The smallest absolute Gasteiger partial charge is 0.252 e. The number of aliphatic hydroxyl groups is 1. The molecule has 2 bridgehead atoms. The minimum atomic E-state index is -1.09. The number of amides is 1. The molecular weight excluding hydrogens is 368 g/mol. The topological polar surface area (TPSA) is 104 Å². The highest BCUT2D eigenvalue weighted by molar-refractivity contribution is 5.96. The van der Waals surface area contributed by atoms with Crippen LogP contribution < -0.4 is 5.73 Å². The molecule has 6 heteroatoms. The lowest BCUT2D eigenvalue weighted by Gasteiger charge is -2.65. The van der Waals surface area contributed by atoms with E-state index in [1.807, 2.05) is 6.07 Å². The summed E-state index contributed by atoms with van der Waals surface area (Å²) in [4.78, 5) is 26.9. The Balaban J connectivity index is 1.67. The van der Waals surface area contributed by atoms with Crippen molar-refractivity contribution in [3.63, 3.8) is 0 Å². The first-order valence-corrected chi connectivity index (χ1v) is 10.9. The van der Waals surface area contributed by atoms with Gasteiger partial charge in [0.2, 0.25) is 0 Å². The predicted octanol–water partition coefficient (Wildman–Crippen LogP) is 2.03. The van der Waals surface area contributed by atoms with E-state index in [-0.39, 0.29) is 29.6 Å². The minimum Gasteiger partial charge on any atom is -0.507 e. The number of nitrogens with two attached hydrogens (primary N) is 1. The molecule has 1 amide bonds. The second-order valence-electron chi connectivity index (χ2n) is 9.72. The molecule has 2 saturated carbocycles. The summed E-state index contributed by atoms with van der Waals surface area (Å²) >= 11 is 0. The molecule has 4 N–H and O–H groups in total. The molecule has 1 aromatic rings. The van der Waals surface area contributed by atoms with Gasteiger partial charge in [-0.3, -0.25) is 14.5 Å². The highest BCUT2D eigenvalue weighted by Crippen LogP contribution is 2.60. The fourth-order valence-corrected chi connectivity index (χ4v) is 6.83. The van der Waals surface area contributed by atoms with Crippen molar-refractivity contribution in [2.75, 3.05) is 6.54 Å². The Morgan fingerprint density at radius 2 is 2.07 bits per heavy atom. The summed E-state index contributed by atoms with van der Waals surface area (Å²) in [6, 6.07) is 3.76. The van der Waals surface area contributed by atoms with Crippen molar-refractivity contribution in [2.45, 2.75) is 81.4 Å². The van der Waals surface area contributed by atoms with E-state index in [2.05, 4.69) is 11.8 Å². The van der Waals surface area contributed by atoms with Crippen LogP contribution in [-0.2, 0) is 16.6 Å². The Bertz CT molecular complexity index is 895. The summed E-state index contributed by atoms with van der Waals surface area (Å²) < 4.78 is 0. The molecule has 1 saturated heterocycles. The third kappa shape index (κ3) is 2.42. The first kappa shape index (κ1) is 19.1. The van der Waals surface area contributed by atoms with Crippen LogP contribution in [0.2, 0.25) is 0 Å². The van der Waals surface area contributed by atoms with E-state index < -0.39 is 16.9 Å². The van der Waals surface area contributed by atoms with E-state index in [1.54, 1.807) is 6.07 Å². The zero-order chi connectivity index (χ0) is 20.6. The molecule has 1 heterocycles. The molecule has 0 aromatic heterocycles. The quantitative estimate of drug-likeness (QED) is 0.723. The Hall–Kier alpha value is -1.92. The van der Waals surface area contributed by atoms with Gasteiger partial charge in [-0.2, -0.15) is 0 Å². The average Bonchev–Trinajstić information content (AvgIpc) is 2.60. The van der Waals surface area contributed by atoms with Gasteiger partial charge in [-0.1, -0.05) is 12.5 Å². The number of fused-ring (bicyclic) bond motifs is 1. The molecule has 3 fully saturated rings. The Kier molecular flexibility index (Phi) is 4.13. The molecule has 156 valence electrons. The summed E-state index contributed by atoms with van der Waals surface area (Å²) in [6.07, 6.45) is 5.97. The van der Waals surface area contributed by atoms with Crippen molar-refractivity contribution in [2.24, 2.45) is 11.7 Å². The zero-order valence-corrected chi connectivity index (χ0v) is 17.0. The third-order valence-corrected chi connectivity index (χ3v) is 8.64. The molecule has 1 aromatic carbocycles. The number of hydrogen-bond donors (Lipinski definition) is 3. The lowest BCUT2D eigenvalue weighted by molar-refractivity contribution is -0.182. The summed E-state index contributed by atoms with van der Waals surface area (Å²) in [7, 11) is 0. The predicted molar refractivity (Wildman–Crippen MR) is 108 cm³/mol. The van der Waals surface area contributed by atoms with E-state index in [9.17, 15) is 19.8 Å². The summed E-state index contributed by atoms with van der Waals surface area (Å²) in [5, 5.41) is 23.2. The van der Waals surface area contributed by atoms with Crippen molar-refractivity contribution in [1.82, 2.24) is 4.90 Å². The molecule has 4 aliphatic rings. The molecule has 4 atom stereocenters. The van der Waals surface area contributed by atoms with Crippen molar-refractivity contribution in [1.29, 1.82) is 0 Å². The van der Waals surface area contributed by atoms with Crippen LogP contribution >= 0.6 is 0 Å². The van der Waals surface area contributed by atoms with Crippen molar-refractivity contribution in [3.8, 4) is 5.75 Å². The summed E-state index contributed by atoms with van der Waals surface area (Å²) in [5.41, 5.74) is 5.15. The molecule has 3 aliphatic carbocycles. The van der Waals surface area contributed by atoms with E-state index >= 15 is 0 Å². The largest absolute Gasteiger partial charge is 0.507 e. The average molecular weight is 399 g/mol. The summed E-state index contributed by atoms with van der Waals surface area (Å²) in [6.45, 7) is 3.06.